The van der Waals surface area contributed by atoms with Crippen molar-refractivity contribution in [3.8, 4) is 0 Å². The van der Waals surface area contributed by atoms with Gasteiger partial charge in [-0.25, -0.2) is 0 Å². The lowest BCUT2D eigenvalue weighted by atomic mass is 10.3. The van der Waals surface area contributed by atoms with E-state index in [-0.39, 0.29) is 11.0 Å². The van der Waals surface area contributed by atoms with Crippen molar-refractivity contribution < 1.29 is 4.79 Å². The van der Waals surface area contributed by atoms with E-state index in [1.807, 2.05) is 13.8 Å². The van der Waals surface area contributed by atoms with Crippen LogP contribution >= 0.6 is 22.5 Å². The summed E-state index contributed by atoms with van der Waals surface area (Å²) in [5.74, 6) is 0.113. The van der Waals surface area contributed by atoms with Gasteiger partial charge in [0.2, 0.25) is 5.12 Å². The van der Waals surface area contributed by atoms with Crippen LogP contribution in [0.5, 0.6) is 0 Å². The molecule has 0 atom stereocenters. The first-order valence-electron chi connectivity index (χ1n) is 2.03. The van der Waals surface area contributed by atoms with Gasteiger partial charge >= 0.3 is 0 Å². The van der Waals surface area contributed by atoms with Gasteiger partial charge in [0.15, 0.2) is 0 Å². The maximum atomic E-state index is 10.4. The number of thiol groups is 1. The van der Waals surface area contributed by atoms with Gasteiger partial charge in [0, 0.05) is 5.92 Å². The fourth-order valence-corrected chi connectivity index (χ4v) is 0.949. The van der Waals surface area contributed by atoms with Gasteiger partial charge in [0.1, 0.15) is 0 Å². The Kier molecular flexibility index (Phi) is 3.56. The Bertz CT molecular complexity index is 70.1. The largest absolute Gasteiger partial charge is 0.286 e. The van der Waals surface area contributed by atoms with Crippen molar-refractivity contribution in [2.45, 2.75) is 13.8 Å². The van der Waals surface area contributed by atoms with Crippen molar-refractivity contribution in [2.75, 3.05) is 0 Å². The number of carbonyl (C=O) groups is 1. The van der Waals surface area contributed by atoms with Crippen LogP contribution in [0, 0.1) is 5.92 Å². The molecular weight excluding hydrogens is 128 g/mol. The highest BCUT2D eigenvalue weighted by Gasteiger charge is 2.02. The predicted octanol–water partition coefficient (Wildman–Crippen LogP) is 1.75. The molecule has 0 unspecified atom stereocenters. The van der Waals surface area contributed by atoms with Crippen LogP contribution in [-0.2, 0) is 4.79 Å². The van der Waals surface area contributed by atoms with Crippen LogP contribution in [0.2, 0.25) is 0 Å². The highest BCUT2D eigenvalue weighted by Crippen LogP contribution is 2.12. The number of carbonyl (C=O) groups excluding carboxylic acids is 1. The molecule has 1 nitrogen and oxygen atoms in total. The number of hydrogen-bond donors (Lipinski definition) is 1. The van der Waals surface area contributed by atoms with Gasteiger partial charge in [-0.2, -0.15) is 0 Å². The van der Waals surface area contributed by atoms with Crippen molar-refractivity contribution in [3.63, 3.8) is 0 Å². The summed E-state index contributed by atoms with van der Waals surface area (Å²) in [6, 6.07) is 0. The summed E-state index contributed by atoms with van der Waals surface area (Å²) < 4.78 is 0. The van der Waals surface area contributed by atoms with E-state index in [2.05, 4.69) is 11.7 Å². The van der Waals surface area contributed by atoms with Gasteiger partial charge in [-0.05, 0) is 10.8 Å². The molecule has 0 bridgehead atoms. The quantitative estimate of drug-likeness (QED) is 0.437. The van der Waals surface area contributed by atoms with Crippen molar-refractivity contribution in [1.82, 2.24) is 0 Å². The average molecular weight is 136 g/mol. The Hall–Kier alpha value is 0.370. The van der Waals surface area contributed by atoms with Gasteiger partial charge in [-0.3, -0.25) is 4.79 Å². The SMILES string of the molecule is CC(C)C(=O)SS. The third-order valence-corrected chi connectivity index (χ3v) is 1.75. The zero-order valence-corrected chi connectivity index (χ0v) is 6.05. The summed E-state index contributed by atoms with van der Waals surface area (Å²) >= 11 is 3.72. The number of rotatable bonds is 1. The van der Waals surface area contributed by atoms with Crippen LogP contribution in [0.25, 0.3) is 0 Å². The van der Waals surface area contributed by atoms with E-state index < -0.39 is 0 Å². The van der Waals surface area contributed by atoms with Crippen LogP contribution in [-0.4, -0.2) is 5.12 Å². The lowest BCUT2D eigenvalue weighted by molar-refractivity contribution is -0.113. The minimum atomic E-state index is 0.113. The molecule has 0 aromatic rings. The Morgan fingerprint density at radius 3 is 2.14 bits per heavy atom. The molecule has 0 aliphatic carbocycles. The van der Waals surface area contributed by atoms with E-state index in [1.54, 1.807) is 0 Å². The van der Waals surface area contributed by atoms with Gasteiger partial charge in [0.25, 0.3) is 0 Å². The molecule has 0 fully saturated rings. The number of hydrogen-bond acceptors (Lipinski definition) is 3. The standard InChI is InChI=1S/C4H8OS2/c1-3(2)4(5)7-6/h3,6H,1-2H3. The van der Waals surface area contributed by atoms with E-state index in [0.29, 0.717) is 0 Å². The smallest absolute Gasteiger partial charge is 0.201 e. The minimum absolute atomic E-state index is 0.113. The fourth-order valence-electron chi connectivity index (χ4n) is 0.105. The molecule has 0 aromatic heterocycles. The fraction of sp³-hybridized carbons (Fsp3) is 0.750. The molecule has 0 rings (SSSR count). The van der Waals surface area contributed by atoms with E-state index in [4.69, 9.17) is 0 Å². The summed E-state index contributed by atoms with van der Waals surface area (Å²) in [5.41, 5.74) is 0. The highest BCUT2D eigenvalue weighted by atomic mass is 33.1. The second-order valence-corrected chi connectivity index (χ2v) is 2.70. The molecule has 0 N–H and O–H groups in total. The maximum Gasteiger partial charge on any atom is 0.201 e. The zero-order chi connectivity index (χ0) is 5.86. The molecule has 0 heterocycles. The molecular formula is C4H8OS2. The highest BCUT2D eigenvalue weighted by molar-refractivity contribution is 8.74. The zero-order valence-electron chi connectivity index (χ0n) is 4.34. The summed E-state index contributed by atoms with van der Waals surface area (Å²) in [4.78, 5) is 10.4. The summed E-state index contributed by atoms with van der Waals surface area (Å²) in [6.07, 6.45) is 0. The lowest BCUT2D eigenvalue weighted by Gasteiger charge is -1.94. The van der Waals surface area contributed by atoms with E-state index in [0.717, 1.165) is 10.8 Å². The van der Waals surface area contributed by atoms with Crippen LogP contribution in [0.15, 0.2) is 0 Å². The van der Waals surface area contributed by atoms with Crippen LogP contribution in [0.4, 0.5) is 0 Å². The summed E-state index contributed by atoms with van der Waals surface area (Å²) in [5, 5.41) is 0.128. The third-order valence-electron chi connectivity index (χ3n) is 0.561. The van der Waals surface area contributed by atoms with Gasteiger partial charge in [-0.15, -0.1) is 11.7 Å². The Balaban J connectivity index is 3.35. The van der Waals surface area contributed by atoms with Gasteiger partial charge in [-0.1, -0.05) is 13.8 Å². The van der Waals surface area contributed by atoms with Crippen LogP contribution in [0.3, 0.4) is 0 Å². The van der Waals surface area contributed by atoms with Crippen molar-refractivity contribution in [2.24, 2.45) is 5.92 Å². The Morgan fingerprint density at radius 1 is 1.71 bits per heavy atom. The molecule has 0 aromatic carbocycles. The van der Waals surface area contributed by atoms with E-state index >= 15 is 0 Å². The van der Waals surface area contributed by atoms with Crippen molar-refractivity contribution in [1.29, 1.82) is 0 Å². The van der Waals surface area contributed by atoms with E-state index in [9.17, 15) is 4.79 Å². The topological polar surface area (TPSA) is 17.1 Å². The lowest BCUT2D eigenvalue weighted by Crippen LogP contribution is -1.97. The van der Waals surface area contributed by atoms with Crippen LogP contribution < -0.4 is 0 Å². The molecule has 0 aliphatic rings. The molecule has 0 saturated carbocycles. The van der Waals surface area contributed by atoms with Gasteiger partial charge < -0.3 is 0 Å². The first-order valence-corrected chi connectivity index (χ1v) is 3.90. The van der Waals surface area contributed by atoms with Gasteiger partial charge in [0.05, 0.1) is 0 Å². The predicted molar refractivity (Wildman–Crippen MR) is 36.4 cm³/mol. The molecule has 0 saturated heterocycles. The first-order chi connectivity index (χ1) is 3.18. The first kappa shape index (κ1) is 7.37. The summed E-state index contributed by atoms with van der Waals surface area (Å²) in [6.45, 7) is 3.71. The molecule has 0 amide bonds. The maximum absolute atomic E-state index is 10.4. The third kappa shape index (κ3) is 3.00. The minimum Gasteiger partial charge on any atom is -0.286 e. The van der Waals surface area contributed by atoms with Crippen LogP contribution in [0.1, 0.15) is 13.8 Å². The van der Waals surface area contributed by atoms with Crippen molar-refractivity contribution in [3.05, 3.63) is 0 Å². The Morgan fingerprint density at radius 2 is 2.14 bits per heavy atom. The van der Waals surface area contributed by atoms with E-state index in [1.165, 1.54) is 0 Å². The molecule has 42 valence electrons. The monoisotopic (exact) mass is 136 g/mol. The second kappa shape index (κ2) is 3.38. The molecule has 7 heavy (non-hydrogen) atoms. The molecule has 0 spiro atoms. The molecule has 3 heteroatoms. The molecule has 0 radical (unpaired) electrons. The Labute approximate surface area is 52.7 Å². The summed E-state index contributed by atoms with van der Waals surface area (Å²) in [7, 11) is 0.988. The molecule has 0 aliphatic heterocycles. The second-order valence-electron chi connectivity index (χ2n) is 1.57. The average Bonchev–Trinajstić information content (AvgIpc) is 1.65. The normalized spacial score (nSPS) is 9.71. The van der Waals surface area contributed by atoms with Crippen molar-refractivity contribution >= 4 is 27.6 Å².